The van der Waals surface area contributed by atoms with Crippen molar-refractivity contribution >= 4 is 23.2 Å². The summed E-state index contributed by atoms with van der Waals surface area (Å²) >= 11 is 5.08. The first-order chi connectivity index (χ1) is 8.16. The van der Waals surface area contributed by atoms with Gasteiger partial charge in [0.15, 0.2) is 5.11 Å². The maximum atomic E-state index is 10.5. The molecular weight excluding hydrogens is 238 g/mol. The maximum Gasteiger partial charge on any atom is 0.217 e. The van der Waals surface area contributed by atoms with Crippen LogP contribution in [0.15, 0.2) is 0 Å². The van der Waals surface area contributed by atoms with Crippen molar-refractivity contribution in [3.05, 3.63) is 0 Å². The van der Waals surface area contributed by atoms with Crippen LogP contribution in [0.3, 0.4) is 0 Å². The molecule has 0 bridgehead atoms. The molecule has 4 N–H and O–H groups in total. The average molecular weight is 261 g/mol. The van der Waals surface area contributed by atoms with E-state index in [1.165, 1.54) is 0 Å². The fourth-order valence-corrected chi connectivity index (χ4v) is 1.41. The van der Waals surface area contributed by atoms with E-state index in [9.17, 15) is 4.79 Å². The molecule has 0 spiro atoms. The fraction of sp³-hybridized carbons (Fsp3) is 0.818. The zero-order chi connectivity index (χ0) is 12.9. The highest BCUT2D eigenvalue weighted by atomic mass is 32.1. The van der Waals surface area contributed by atoms with Crippen molar-refractivity contribution in [2.24, 2.45) is 5.73 Å². The lowest BCUT2D eigenvalue weighted by molar-refractivity contribution is -0.118. The second kappa shape index (κ2) is 11.6. The summed E-state index contributed by atoms with van der Waals surface area (Å²) in [5, 5.41) is 6.82. The van der Waals surface area contributed by atoms with Gasteiger partial charge in [-0.15, -0.1) is 0 Å². The Morgan fingerprint density at radius 2 is 1.88 bits per heavy atom. The fourth-order valence-electron chi connectivity index (χ4n) is 1.21. The summed E-state index contributed by atoms with van der Waals surface area (Å²) in [6, 6.07) is 0. The van der Waals surface area contributed by atoms with Gasteiger partial charge in [0.05, 0.1) is 0 Å². The van der Waals surface area contributed by atoms with Gasteiger partial charge in [-0.25, -0.2) is 0 Å². The SMILES string of the molecule is CCOCCCNC(=S)NCCCCC(N)=O. The first-order valence-corrected chi connectivity index (χ1v) is 6.45. The van der Waals surface area contributed by atoms with Gasteiger partial charge in [-0.1, -0.05) is 0 Å². The Labute approximate surface area is 108 Å². The zero-order valence-electron chi connectivity index (χ0n) is 10.5. The molecule has 17 heavy (non-hydrogen) atoms. The van der Waals surface area contributed by atoms with E-state index in [4.69, 9.17) is 22.7 Å². The number of thiocarbonyl (C=S) groups is 1. The minimum absolute atomic E-state index is 0.248. The van der Waals surface area contributed by atoms with Crippen molar-refractivity contribution in [1.82, 2.24) is 10.6 Å². The molecule has 0 aliphatic heterocycles. The van der Waals surface area contributed by atoms with E-state index in [2.05, 4.69) is 10.6 Å². The maximum absolute atomic E-state index is 10.5. The van der Waals surface area contributed by atoms with Gasteiger partial charge in [0.25, 0.3) is 0 Å². The van der Waals surface area contributed by atoms with Crippen molar-refractivity contribution < 1.29 is 9.53 Å². The average Bonchev–Trinajstić information content (AvgIpc) is 2.28. The number of nitrogens with one attached hydrogen (secondary N) is 2. The lowest BCUT2D eigenvalue weighted by Crippen LogP contribution is -2.36. The molecule has 5 nitrogen and oxygen atoms in total. The van der Waals surface area contributed by atoms with Crippen LogP contribution in [0.2, 0.25) is 0 Å². The number of rotatable bonds is 10. The Balaban J connectivity index is 3.20. The zero-order valence-corrected chi connectivity index (χ0v) is 11.3. The summed E-state index contributed by atoms with van der Waals surface area (Å²) in [6.45, 7) is 5.07. The summed E-state index contributed by atoms with van der Waals surface area (Å²) in [6.07, 6.45) is 3.08. The number of primary amides is 1. The molecule has 0 saturated carbocycles. The molecular formula is C11H23N3O2S. The van der Waals surface area contributed by atoms with E-state index in [1.54, 1.807) is 0 Å². The molecule has 0 aromatic rings. The second-order valence-corrected chi connectivity index (χ2v) is 4.06. The lowest BCUT2D eigenvalue weighted by atomic mass is 10.2. The van der Waals surface area contributed by atoms with E-state index >= 15 is 0 Å². The standard InChI is InChI=1S/C11H23N3O2S/c1-2-16-9-5-8-14-11(17)13-7-4-3-6-10(12)15/h2-9H2,1H3,(H2,12,15)(H2,13,14,17). The normalized spacial score (nSPS) is 9.94. The van der Waals surface area contributed by atoms with E-state index < -0.39 is 0 Å². The highest BCUT2D eigenvalue weighted by molar-refractivity contribution is 7.80. The van der Waals surface area contributed by atoms with Crippen LogP contribution in [-0.4, -0.2) is 37.3 Å². The summed E-state index contributed by atoms with van der Waals surface area (Å²) in [5.74, 6) is -0.248. The van der Waals surface area contributed by atoms with Gasteiger partial charge >= 0.3 is 0 Å². The topological polar surface area (TPSA) is 76.4 Å². The van der Waals surface area contributed by atoms with Gasteiger partial charge in [0.2, 0.25) is 5.91 Å². The Hall–Kier alpha value is -0.880. The molecule has 0 aromatic heterocycles. The molecule has 0 fully saturated rings. The Kier molecular flexibility index (Phi) is 11.0. The number of amides is 1. The largest absolute Gasteiger partial charge is 0.382 e. The van der Waals surface area contributed by atoms with E-state index in [-0.39, 0.29) is 5.91 Å². The van der Waals surface area contributed by atoms with E-state index in [0.717, 1.165) is 45.6 Å². The van der Waals surface area contributed by atoms with Gasteiger partial charge in [0, 0.05) is 32.7 Å². The van der Waals surface area contributed by atoms with Gasteiger partial charge in [0.1, 0.15) is 0 Å². The molecule has 0 atom stereocenters. The molecule has 1 amide bonds. The summed E-state index contributed by atoms with van der Waals surface area (Å²) in [5.41, 5.74) is 5.03. The number of carbonyl (C=O) groups is 1. The highest BCUT2D eigenvalue weighted by Gasteiger charge is 1.96. The minimum Gasteiger partial charge on any atom is -0.382 e. The van der Waals surface area contributed by atoms with Crippen molar-refractivity contribution in [3.8, 4) is 0 Å². The summed E-state index contributed by atoms with van der Waals surface area (Å²) in [7, 11) is 0. The van der Waals surface area contributed by atoms with Crippen LogP contribution in [0.1, 0.15) is 32.6 Å². The van der Waals surface area contributed by atoms with Crippen molar-refractivity contribution in [1.29, 1.82) is 0 Å². The molecule has 0 unspecified atom stereocenters. The molecule has 0 radical (unpaired) electrons. The molecule has 0 aliphatic carbocycles. The molecule has 100 valence electrons. The molecule has 0 aromatic carbocycles. The van der Waals surface area contributed by atoms with Crippen LogP contribution in [-0.2, 0) is 9.53 Å². The van der Waals surface area contributed by atoms with Gasteiger partial charge in [-0.2, -0.15) is 0 Å². The smallest absolute Gasteiger partial charge is 0.217 e. The number of hydrogen-bond acceptors (Lipinski definition) is 3. The molecule has 0 aliphatic rings. The van der Waals surface area contributed by atoms with Crippen molar-refractivity contribution in [3.63, 3.8) is 0 Å². The van der Waals surface area contributed by atoms with Crippen LogP contribution in [0, 0.1) is 0 Å². The van der Waals surface area contributed by atoms with Crippen LogP contribution >= 0.6 is 12.2 Å². The minimum atomic E-state index is -0.248. The van der Waals surface area contributed by atoms with Crippen LogP contribution in [0.5, 0.6) is 0 Å². The van der Waals surface area contributed by atoms with E-state index in [0.29, 0.717) is 11.5 Å². The summed E-state index contributed by atoms with van der Waals surface area (Å²) < 4.78 is 5.20. The molecule has 0 heterocycles. The van der Waals surface area contributed by atoms with Crippen molar-refractivity contribution in [2.75, 3.05) is 26.3 Å². The summed E-state index contributed by atoms with van der Waals surface area (Å²) in [4.78, 5) is 10.5. The molecule has 0 rings (SSSR count). The number of nitrogens with two attached hydrogens (primary N) is 1. The monoisotopic (exact) mass is 261 g/mol. The molecule has 6 heteroatoms. The number of carbonyl (C=O) groups excluding carboxylic acids is 1. The Bertz CT molecular complexity index is 225. The third kappa shape index (κ3) is 13.1. The van der Waals surface area contributed by atoms with Crippen LogP contribution in [0.25, 0.3) is 0 Å². The first kappa shape index (κ1) is 16.1. The Morgan fingerprint density at radius 3 is 2.47 bits per heavy atom. The van der Waals surface area contributed by atoms with Crippen LogP contribution < -0.4 is 16.4 Å². The first-order valence-electron chi connectivity index (χ1n) is 6.04. The highest BCUT2D eigenvalue weighted by Crippen LogP contribution is 1.92. The third-order valence-electron chi connectivity index (χ3n) is 2.09. The van der Waals surface area contributed by atoms with Gasteiger partial charge in [-0.05, 0) is 38.4 Å². The quantitative estimate of drug-likeness (QED) is 0.395. The number of unbranched alkanes of at least 4 members (excludes halogenated alkanes) is 1. The van der Waals surface area contributed by atoms with Gasteiger partial charge in [-0.3, -0.25) is 4.79 Å². The predicted molar refractivity (Wildman–Crippen MR) is 72.8 cm³/mol. The Morgan fingerprint density at radius 1 is 1.24 bits per heavy atom. The third-order valence-corrected chi connectivity index (χ3v) is 2.38. The van der Waals surface area contributed by atoms with E-state index in [1.807, 2.05) is 6.92 Å². The second-order valence-electron chi connectivity index (χ2n) is 3.66. The van der Waals surface area contributed by atoms with Crippen molar-refractivity contribution in [2.45, 2.75) is 32.6 Å². The van der Waals surface area contributed by atoms with Crippen LogP contribution in [0.4, 0.5) is 0 Å². The lowest BCUT2D eigenvalue weighted by Gasteiger charge is -2.10. The molecule has 0 saturated heterocycles. The predicted octanol–water partition coefficient (Wildman–Crippen LogP) is 0.533. The van der Waals surface area contributed by atoms with Gasteiger partial charge < -0.3 is 21.1 Å². The number of hydrogen-bond donors (Lipinski definition) is 3. The number of ether oxygens (including phenoxy) is 1.